The minimum Gasteiger partial charge on any atom is -0.478 e. The van der Waals surface area contributed by atoms with Crippen LogP contribution in [0.4, 0.5) is 5.13 Å². The number of carbonyl (C=O) groups excluding carboxylic acids is 2. The number of β-lactam (4-membered cyclic amide) rings is 1. The second-order valence-corrected chi connectivity index (χ2v) is 10.4. The molecule has 0 spiro atoms. The highest BCUT2D eigenvalue weighted by atomic mass is 32.2. The van der Waals surface area contributed by atoms with E-state index in [4.69, 9.17) is 16.3 Å². The molecule has 0 aromatic carbocycles. The summed E-state index contributed by atoms with van der Waals surface area (Å²) in [6, 6.07) is -2.36. The quantitative estimate of drug-likeness (QED) is 0.0753. The number of aromatic nitrogens is 1. The maximum absolute atomic E-state index is 12.9. The number of nitrogen functional groups attached to an aromatic ring is 1. The molecule has 2 amide bonds. The monoisotopic (exact) mass is 510 g/mol. The van der Waals surface area contributed by atoms with Crippen LogP contribution < -0.4 is 16.8 Å². The summed E-state index contributed by atoms with van der Waals surface area (Å²) in [5, 5.41) is 15.2. The van der Waals surface area contributed by atoms with E-state index in [-0.39, 0.29) is 20.1 Å². The fourth-order valence-corrected chi connectivity index (χ4v) is 4.97. The zero-order valence-electron chi connectivity index (χ0n) is 16.9. The predicted molar refractivity (Wildman–Crippen MR) is 116 cm³/mol. The first-order chi connectivity index (χ1) is 14.8. The number of hydrogen-bond donors (Lipinski definition) is 5. The summed E-state index contributed by atoms with van der Waals surface area (Å²) in [6.45, 7) is 2.72. The van der Waals surface area contributed by atoms with E-state index in [1.807, 2.05) is 0 Å². The second kappa shape index (κ2) is 9.99. The molecular weight excluding hydrogens is 488 g/mol. The summed E-state index contributed by atoms with van der Waals surface area (Å²) in [5.74, 6) is -2.84. The van der Waals surface area contributed by atoms with Crippen molar-refractivity contribution in [1.29, 1.82) is 0 Å². The Balaban J connectivity index is 2.29. The van der Waals surface area contributed by atoms with Crippen molar-refractivity contribution in [3.8, 4) is 0 Å². The average molecular weight is 511 g/mol. The first-order valence-corrected chi connectivity index (χ1v) is 12.3. The lowest BCUT2D eigenvalue weighted by molar-refractivity contribution is -0.161. The number of carboxylic acid groups (broad SMARTS) is 1. The average Bonchev–Trinajstić information content (AvgIpc) is 3.10. The zero-order chi connectivity index (χ0) is 24.3. The highest BCUT2D eigenvalue weighted by Gasteiger charge is 2.54. The lowest BCUT2D eigenvalue weighted by Crippen LogP contribution is -2.73. The van der Waals surface area contributed by atoms with Gasteiger partial charge in [0.2, 0.25) is 5.60 Å². The molecule has 0 aliphatic carbocycles. The first kappa shape index (κ1) is 25.8. The summed E-state index contributed by atoms with van der Waals surface area (Å²) in [5.41, 5.74) is 8.79. The van der Waals surface area contributed by atoms with E-state index in [2.05, 4.69) is 15.5 Å². The summed E-state index contributed by atoms with van der Waals surface area (Å²) in [4.78, 5) is 45.4. The molecule has 1 aliphatic heterocycles. The Hall–Kier alpha value is -2.47. The molecule has 0 radical (unpaired) electrons. The number of nitrogens with zero attached hydrogens (tertiary/aromatic N) is 3. The lowest BCUT2D eigenvalue weighted by Gasteiger charge is -2.44. The van der Waals surface area contributed by atoms with Crippen LogP contribution in [0.2, 0.25) is 0 Å². The molecule has 178 valence electrons. The first-order valence-electron chi connectivity index (χ1n) is 8.90. The Morgan fingerprint density at radius 1 is 1.47 bits per heavy atom. The minimum absolute atomic E-state index is 0.0657. The normalized spacial score (nSPS) is 19.4. The van der Waals surface area contributed by atoms with Crippen LogP contribution in [0.5, 0.6) is 0 Å². The molecule has 2 rings (SSSR count). The third-order valence-electron chi connectivity index (χ3n) is 4.11. The molecule has 1 fully saturated rings. The van der Waals surface area contributed by atoms with E-state index < -0.39 is 51.5 Å². The summed E-state index contributed by atoms with van der Waals surface area (Å²) in [6.07, 6.45) is 1.21. The van der Waals surface area contributed by atoms with Crippen LogP contribution in [0.3, 0.4) is 0 Å². The number of nitrogens with one attached hydrogen (secondary N) is 1. The maximum atomic E-state index is 12.9. The van der Waals surface area contributed by atoms with Gasteiger partial charge in [-0.3, -0.25) is 14.1 Å². The van der Waals surface area contributed by atoms with Crippen molar-refractivity contribution in [2.45, 2.75) is 31.5 Å². The third-order valence-corrected chi connectivity index (χ3v) is 6.99. The van der Waals surface area contributed by atoms with Gasteiger partial charge in [-0.1, -0.05) is 16.5 Å². The zero-order valence-corrected chi connectivity index (χ0v) is 19.4. The minimum atomic E-state index is -4.84. The van der Waals surface area contributed by atoms with Crippen LogP contribution in [0, 0.1) is 0 Å². The molecule has 0 bridgehead atoms. The summed E-state index contributed by atoms with van der Waals surface area (Å²) >= 11 is 2.08. The van der Waals surface area contributed by atoms with Crippen molar-refractivity contribution >= 4 is 62.0 Å². The molecule has 1 aliphatic rings. The molecule has 32 heavy (non-hydrogen) atoms. The van der Waals surface area contributed by atoms with Gasteiger partial charge in [-0.2, -0.15) is 20.2 Å². The number of aliphatic carboxylic acids is 1. The number of thiazole rings is 1. The van der Waals surface area contributed by atoms with Crippen LogP contribution in [0.1, 0.15) is 18.7 Å². The van der Waals surface area contributed by atoms with Crippen LogP contribution >= 0.6 is 23.1 Å². The van der Waals surface area contributed by atoms with Crippen molar-refractivity contribution < 1.29 is 37.3 Å². The van der Waals surface area contributed by atoms with Crippen LogP contribution in [-0.2, 0) is 29.5 Å². The molecule has 1 saturated heterocycles. The number of anilines is 1. The van der Waals surface area contributed by atoms with Crippen molar-refractivity contribution in [2.75, 3.05) is 23.8 Å². The molecular formula is C15H22N6O8S3. The number of oxime groups is 1. The van der Waals surface area contributed by atoms with Crippen molar-refractivity contribution in [2.24, 2.45) is 10.9 Å². The van der Waals surface area contributed by atoms with Crippen LogP contribution in [-0.4, -0.2) is 86.6 Å². The predicted octanol–water partition coefficient (Wildman–Crippen LogP) is -1.50. The van der Waals surface area contributed by atoms with Gasteiger partial charge in [0, 0.05) is 24.2 Å². The van der Waals surface area contributed by atoms with Gasteiger partial charge in [0.1, 0.15) is 6.04 Å². The van der Waals surface area contributed by atoms with Gasteiger partial charge < -0.3 is 26.7 Å². The molecule has 17 heteroatoms. The third kappa shape index (κ3) is 5.85. The van der Waals surface area contributed by atoms with Gasteiger partial charge >= 0.3 is 16.3 Å². The standard InChI is InChI=1S/C15H22N6O8S3/c1-15(2,13(24)25)29-20-10(8-5-18-14(17)31-8)11(22)19-9-7(6-30-4-3-16)21(12(9)23)32(26,27)28/h5,7,9H,3-4,6,16H2,1-2H3,(H2,17,18)(H,19,22)(H,24,25)(H,26,27,28). The van der Waals surface area contributed by atoms with Crippen molar-refractivity contribution in [3.63, 3.8) is 0 Å². The van der Waals surface area contributed by atoms with Crippen LogP contribution in [0.15, 0.2) is 11.4 Å². The molecule has 14 nitrogen and oxygen atoms in total. The highest BCUT2D eigenvalue weighted by Crippen LogP contribution is 2.27. The van der Waals surface area contributed by atoms with Gasteiger partial charge in [-0.05, 0) is 13.8 Å². The number of nitrogens with two attached hydrogens (primary N) is 2. The Morgan fingerprint density at radius 3 is 2.62 bits per heavy atom. The van der Waals surface area contributed by atoms with Gasteiger partial charge in [0.05, 0.1) is 10.9 Å². The van der Waals surface area contributed by atoms with Gasteiger partial charge in [-0.15, -0.1) is 0 Å². The summed E-state index contributed by atoms with van der Waals surface area (Å²) in [7, 11) is -4.84. The number of carbonyl (C=O) groups is 3. The van der Waals surface area contributed by atoms with Gasteiger partial charge in [0.25, 0.3) is 11.8 Å². The number of rotatable bonds is 11. The number of hydrogen-bond acceptors (Lipinski definition) is 12. The molecule has 2 atom stereocenters. The number of carboxylic acids is 1. The Kier molecular flexibility index (Phi) is 8.05. The smallest absolute Gasteiger partial charge is 0.362 e. The van der Waals surface area contributed by atoms with Crippen molar-refractivity contribution in [3.05, 3.63) is 11.1 Å². The Bertz CT molecular complexity index is 1020. The fourth-order valence-electron chi connectivity index (χ4n) is 2.42. The molecule has 1 aromatic rings. The number of amides is 2. The summed E-state index contributed by atoms with van der Waals surface area (Å²) < 4.78 is 32.6. The SMILES string of the molecule is CC(C)(ON=C(C(=O)NC1C(=O)N(S(=O)(=O)O)C1CSCCN)c1cnc(N)s1)C(=O)O. The molecule has 2 unspecified atom stereocenters. The largest absolute Gasteiger partial charge is 0.478 e. The molecule has 0 saturated carbocycles. The van der Waals surface area contributed by atoms with E-state index >= 15 is 0 Å². The van der Waals surface area contributed by atoms with E-state index in [0.29, 0.717) is 12.3 Å². The van der Waals surface area contributed by atoms with E-state index in [1.54, 1.807) is 0 Å². The molecule has 1 aromatic heterocycles. The fraction of sp³-hybridized carbons (Fsp3) is 0.533. The molecule has 7 N–H and O–H groups in total. The maximum Gasteiger partial charge on any atom is 0.362 e. The second-order valence-electron chi connectivity index (χ2n) is 6.90. The van der Waals surface area contributed by atoms with Gasteiger partial charge in [0.15, 0.2) is 10.8 Å². The highest BCUT2D eigenvalue weighted by molar-refractivity contribution is 7.99. The van der Waals surface area contributed by atoms with E-state index in [0.717, 1.165) is 11.3 Å². The molecule has 2 heterocycles. The van der Waals surface area contributed by atoms with Crippen LogP contribution in [0.25, 0.3) is 0 Å². The van der Waals surface area contributed by atoms with Gasteiger partial charge in [-0.25, -0.2) is 14.1 Å². The Labute approximate surface area is 191 Å². The number of thioether (sulfide) groups is 1. The van der Waals surface area contributed by atoms with Crippen molar-refractivity contribution in [1.82, 2.24) is 14.6 Å². The van der Waals surface area contributed by atoms with E-state index in [1.165, 1.54) is 31.8 Å². The lowest BCUT2D eigenvalue weighted by atomic mass is 10.0. The topological polar surface area (TPSA) is 228 Å². The van der Waals surface area contributed by atoms with E-state index in [9.17, 15) is 32.5 Å². The Morgan fingerprint density at radius 2 is 2.12 bits per heavy atom.